The quantitative estimate of drug-likeness (QED) is 0.712. The number of aromatic nitrogens is 2. The standard InChI is InChI=1S/C13H20N4O4/c1-13(2,5-11(19)20)4-10(18)16-12(21)14-6-9-7-15-17(3)8-9/h7-8H,4-6H2,1-3H3,(H,19,20)(H2,14,16,18,21). The van der Waals surface area contributed by atoms with E-state index in [0.717, 1.165) is 5.56 Å². The average molecular weight is 296 g/mol. The molecule has 0 saturated carbocycles. The van der Waals surface area contributed by atoms with Crippen LogP contribution in [-0.4, -0.2) is 32.8 Å². The molecular weight excluding hydrogens is 276 g/mol. The van der Waals surface area contributed by atoms with E-state index >= 15 is 0 Å². The smallest absolute Gasteiger partial charge is 0.321 e. The number of carbonyl (C=O) groups excluding carboxylic acids is 2. The van der Waals surface area contributed by atoms with E-state index < -0.39 is 23.3 Å². The molecule has 1 aromatic heterocycles. The molecule has 1 heterocycles. The lowest BCUT2D eigenvalue weighted by Crippen LogP contribution is -2.40. The highest BCUT2D eigenvalue weighted by Crippen LogP contribution is 2.24. The molecule has 0 atom stereocenters. The van der Waals surface area contributed by atoms with Crippen molar-refractivity contribution in [3.05, 3.63) is 18.0 Å². The van der Waals surface area contributed by atoms with Gasteiger partial charge in [0.2, 0.25) is 5.91 Å². The minimum absolute atomic E-state index is 0.0421. The third-order valence-corrected chi connectivity index (χ3v) is 2.73. The number of carbonyl (C=O) groups is 3. The summed E-state index contributed by atoms with van der Waals surface area (Å²) in [5.74, 6) is -1.49. The number of aryl methyl sites for hydroxylation is 1. The zero-order valence-corrected chi connectivity index (χ0v) is 12.3. The number of amides is 3. The maximum Gasteiger partial charge on any atom is 0.321 e. The fourth-order valence-corrected chi connectivity index (χ4v) is 1.87. The maximum atomic E-state index is 11.7. The molecule has 0 aliphatic rings. The summed E-state index contributed by atoms with van der Waals surface area (Å²) in [6, 6.07) is -0.616. The predicted octanol–water partition coefficient (Wildman–Crippen LogP) is 0.637. The first kappa shape index (κ1) is 16.7. The highest BCUT2D eigenvalue weighted by molar-refractivity contribution is 5.94. The summed E-state index contributed by atoms with van der Waals surface area (Å²) in [5.41, 5.74) is 0.103. The Labute approximate surface area is 122 Å². The first-order valence-corrected chi connectivity index (χ1v) is 6.45. The Hall–Kier alpha value is -2.38. The molecular formula is C13H20N4O4. The van der Waals surface area contributed by atoms with Gasteiger partial charge in [-0.05, 0) is 5.41 Å². The molecule has 0 aliphatic carbocycles. The van der Waals surface area contributed by atoms with Crippen molar-refractivity contribution in [2.24, 2.45) is 12.5 Å². The van der Waals surface area contributed by atoms with Crippen LogP contribution in [0.2, 0.25) is 0 Å². The number of aliphatic carboxylic acids is 1. The van der Waals surface area contributed by atoms with Crippen LogP contribution in [0.15, 0.2) is 12.4 Å². The predicted molar refractivity (Wildman–Crippen MR) is 74.2 cm³/mol. The van der Waals surface area contributed by atoms with Crippen molar-refractivity contribution < 1.29 is 19.5 Å². The fraction of sp³-hybridized carbons (Fsp3) is 0.538. The number of hydrogen-bond acceptors (Lipinski definition) is 4. The summed E-state index contributed by atoms with van der Waals surface area (Å²) < 4.78 is 1.61. The molecule has 0 spiro atoms. The summed E-state index contributed by atoms with van der Waals surface area (Å²) in [4.78, 5) is 33.9. The van der Waals surface area contributed by atoms with Crippen LogP contribution in [0.4, 0.5) is 4.79 Å². The highest BCUT2D eigenvalue weighted by Gasteiger charge is 2.25. The van der Waals surface area contributed by atoms with Gasteiger partial charge in [0, 0.05) is 31.8 Å². The molecule has 3 N–H and O–H groups in total. The van der Waals surface area contributed by atoms with Gasteiger partial charge >= 0.3 is 12.0 Å². The van der Waals surface area contributed by atoms with Crippen LogP contribution in [0.25, 0.3) is 0 Å². The van der Waals surface area contributed by atoms with Crippen molar-refractivity contribution in [1.82, 2.24) is 20.4 Å². The van der Waals surface area contributed by atoms with E-state index in [0.29, 0.717) is 0 Å². The van der Waals surface area contributed by atoms with Crippen molar-refractivity contribution in [3.63, 3.8) is 0 Å². The van der Waals surface area contributed by atoms with Gasteiger partial charge in [-0.2, -0.15) is 5.10 Å². The molecule has 0 unspecified atom stereocenters. The van der Waals surface area contributed by atoms with E-state index in [2.05, 4.69) is 15.7 Å². The van der Waals surface area contributed by atoms with Crippen LogP contribution < -0.4 is 10.6 Å². The van der Waals surface area contributed by atoms with Gasteiger partial charge < -0.3 is 10.4 Å². The van der Waals surface area contributed by atoms with Gasteiger partial charge in [0.05, 0.1) is 12.6 Å². The van der Waals surface area contributed by atoms with Gasteiger partial charge in [-0.25, -0.2) is 4.79 Å². The molecule has 0 saturated heterocycles. The van der Waals surface area contributed by atoms with Crippen LogP contribution >= 0.6 is 0 Å². The molecule has 0 bridgehead atoms. The summed E-state index contributed by atoms with van der Waals surface area (Å²) >= 11 is 0. The van der Waals surface area contributed by atoms with Crippen molar-refractivity contribution >= 4 is 17.9 Å². The molecule has 0 aromatic carbocycles. The number of carboxylic acids is 1. The second-order valence-electron chi connectivity index (χ2n) is 5.66. The Morgan fingerprint density at radius 2 is 2.00 bits per heavy atom. The number of rotatable bonds is 6. The molecule has 8 heteroatoms. The first-order chi connectivity index (χ1) is 9.68. The van der Waals surface area contributed by atoms with Gasteiger partial charge in [0.25, 0.3) is 0 Å². The Morgan fingerprint density at radius 1 is 1.33 bits per heavy atom. The molecule has 1 aromatic rings. The largest absolute Gasteiger partial charge is 0.481 e. The zero-order valence-electron chi connectivity index (χ0n) is 12.3. The number of imide groups is 1. The molecule has 116 valence electrons. The fourth-order valence-electron chi connectivity index (χ4n) is 1.87. The lowest BCUT2D eigenvalue weighted by Gasteiger charge is -2.21. The van der Waals surface area contributed by atoms with Gasteiger partial charge in [-0.15, -0.1) is 0 Å². The number of carboxylic acid groups (broad SMARTS) is 1. The molecule has 21 heavy (non-hydrogen) atoms. The van der Waals surface area contributed by atoms with E-state index in [-0.39, 0.29) is 19.4 Å². The minimum atomic E-state index is -0.978. The van der Waals surface area contributed by atoms with Crippen LogP contribution in [0.3, 0.4) is 0 Å². The maximum absolute atomic E-state index is 11.7. The lowest BCUT2D eigenvalue weighted by molar-refractivity contribution is -0.139. The van der Waals surface area contributed by atoms with Crippen LogP contribution in [-0.2, 0) is 23.2 Å². The number of urea groups is 1. The zero-order chi connectivity index (χ0) is 16.0. The molecule has 8 nitrogen and oxygen atoms in total. The molecule has 1 rings (SSSR count). The van der Waals surface area contributed by atoms with Crippen LogP contribution in [0.1, 0.15) is 32.3 Å². The monoisotopic (exact) mass is 296 g/mol. The van der Waals surface area contributed by atoms with Crippen molar-refractivity contribution in [1.29, 1.82) is 0 Å². The van der Waals surface area contributed by atoms with E-state index in [1.165, 1.54) is 0 Å². The van der Waals surface area contributed by atoms with E-state index in [1.807, 2.05) is 0 Å². The molecule has 3 amide bonds. The Balaban J connectivity index is 2.36. The number of hydrogen-bond donors (Lipinski definition) is 3. The summed E-state index contributed by atoms with van der Waals surface area (Å²) in [7, 11) is 1.76. The van der Waals surface area contributed by atoms with Gasteiger partial charge in [0.15, 0.2) is 0 Å². The second-order valence-corrected chi connectivity index (χ2v) is 5.66. The molecule has 0 radical (unpaired) electrons. The van der Waals surface area contributed by atoms with E-state index in [9.17, 15) is 14.4 Å². The lowest BCUT2D eigenvalue weighted by atomic mass is 9.85. The second kappa shape index (κ2) is 6.87. The van der Waals surface area contributed by atoms with Gasteiger partial charge in [-0.3, -0.25) is 19.6 Å². The topological polar surface area (TPSA) is 113 Å². The number of nitrogens with zero attached hydrogens (tertiary/aromatic N) is 2. The highest BCUT2D eigenvalue weighted by atomic mass is 16.4. The number of nitrogens with one attached hydrogen (secondary N) is 2. The third-order valence-electron chi connectivity index (χ3n) is 2.73. The SMILES string of the molecule is Cn1cc(CNC(=O)NC(=O)CC(C)(C)CC(=O)O)cn1. The van der Waals surface area contributed by atoms with E-state index in [1.54, 1.807) is 38.0 Å². The minimum Gasteiger partial charge on any atom is -0.481 e. The van der Waals surface area contributed by atoms with Gasteiger partial charge in [0.1, 0.15) is 0 Å². The van der Waals surface area contributed by atoms with E-state index in [4.69, 9.17) is 5.11 Å². The van der Waals surface area contributed by atoms with Gasteiger partial charge in [-0.1, -0.05) is 13.8 Å². The third kappa shape index (κ3) is 6.55. The summed E-state index contributed by atoms with van der Waals surface area (Å²) in [5, 5.41) is 17.4. The Bertz CT molecular complexity index is 536. The molecule has 0 fully saturated rings. The average Bonchev–Trinajstić information content (AvgIpc) is 2.69. The normalized spacial score (nSPS) is 11.0. The summed E-state index contributed by atoms with van der Waals surface area (Å²) in [6.45, 7) is 3.58. The van der Waals surface area contributed by atoms with Crippen molar-refractivity contribution in [2.75, 3.05) is 0 Å². The van der Waals surface area contributed by atoms with Crippen molar-refractivity contribution in [3.8, 4) is 0 Å². The summed E-state index contributed by atoms with van der Waals surface area (Å²) in [6.07, 6.45) is 3.17. The molecule has 0 aliphatic heterocycles. The van der Waals surface area contributed by atoms with Crippen LogP contribution in [0, 0.1) is 5.41 Å². The Kier molecular flexibility index (Phi) is 5.45. The van der Waals surface area contributed by atoms with Crippen LogP contribution in [0.5, 0.6) is 0 Å². The van der Waals surface area contributed by atoms with Crippen molar-refractivity contribution in [2.45, 2.75) is 33.2 Å². The Morgan fingerprint density at radius 3 is 2.52 bits per heavy atom. The first-order valence-electron chi connectivity index (χ1n) is 6.45.